The fraction of sp³-hybridized carbons (Fsp3) is 0.278. The van der Waals surface area contributed by atoms with Crippen molar-refractivity contribution in [1.29, 1.82) is 0 Å². The highest BCUT2D eigenvalue weighted by atomic mass is 19.4. The van der Waals surface area contributed by atoms with Crippen molar-refractivity contribution in [1.82, 2.24) is 5.32 Å². The first-order chi connectivity index (χ1) is 12.2. The Morgan fingerprint density at radius 1 is 1.00 bits per heavy atom. The minimum absolute atomic E-state index is 0.145. The van der Waals surface area contributed by atoms with Gasteiger partial charge >= 0.3 is 6.36 Å². The van der Waals surface area contributed by atoms with E-state index in [-0.39, 0.29) is 17.7 Å². The number of rotatable bonds is 4. The van der Waals surface area contributed by atoms with Crippen LogP contribution in [-0.4, -0.2) is 18.3 Å². The Hall–Kier alpha value is -2.64. The van der Waals surface area contributed by atoms with Crippen LogP contribution in [0.25, 0.3) is 0 Å². The molecule has 1 aliphatic carbocycles. The second-order valence-corrected chi connectivity index (χ2v) is 5.98. The van der Waals surface area contributed by atoms with Gasteiger partial charge in [0.1, 0.15) is 22.9 Å². The van der Waals surface area contributed by atoms with E-state index in [4.69, 9.17) is 0 Å². The summed E-state index contributed by atoms with van der Waals surface area (Å²) in [5, 5.41) is 2.59. The average Bonchev–Trinajstić information content (AvgIpc) is 2.52. The zero-order chi connectivity index (χ0) is 18.9. The summed E-state index contributed by atoms with van der Waals surface area (Å²) in [7, 11) is 0. The molecular weight excluding hydrogens is 357 g/mol. The maximum Gasteiger partial charge on any atom is 0.573 e. The highest BCUT2D eigenvalue weighted by Crippen LogP contribution is 2.38. The molecule has 1 saturated carbocycles. The maximum absolute atomic E-state index is 13.7. The third-order valence-corrected chi connectivity index (χ3v) is 4.32. The molecule has 1 N–H and O–H groups in total. The molecule has 8 heteroatoms. The molecular formula is C18H14F5NO2. The van der Waals surface area contributed by atoms with E-state index >= 15 is 0 Å². The lowest BCUT2D eigenvalue weighted by atomic mass is 9.75. The normalized spacial score (nSPS) is 19.6. The van der Waals surface area contributed by atoms with Crippen LogP contribution in [0.5, 0.6) is 5.75 Å². The SMILES string of the molecule is O=C(N[C@@H]1CC[C@@H]1c1ccc(OC(F)(F)F)cc1)c1c(F)cccc1F. The molecule has 26 heavy (non-hydrogen) atoms. The van der Waals surface area contributed by atoms with Gasteiger partial charge in [0.05, 0.1) is 0 Å². The number of benzene rings is 2. The monoisotopic (exact) mass is 371 g/mol. The van der Waals surface area contributed by atoms with Crippen LogP contribution in [0, 0.1) is 11.6 Å². The second kappa shape index (κ2) is 6.93. The molecule has 0 radical (unpaired) electrons. The van der Waals surface area contributed by atoms with Crippen LogP contribution in [0.4, 0.5) is 22.0 Å². The van der Waals surface area contributed by atoms with Crippen LogP contribution in [0.2, 0.25) is 0 Å². The summed E-state index contributed by atoms with van der Waals surface area (Å²) in [5.74, 6) is -3.24. The van der Waals surface area contributed by atoms with E-state index in [0.29, 0.717) is 18.4 Å². The number of hydrogen-bond acceptors (Lipinski definition) is 2. The number of nitrogens with one attached hydrogen (secondary N) is 1. The van der Waals surface area contributed by atoms with Crippen molar-refractivity contribution in [2.24, 2.45) is 0 Å². The molecule has 2 aromatic rings. The first-order valence-electron chi connectivity index (χ1n) is 7.85. The van der Waals surface area contributed by atoms with Gasteiger partial charge in [-0.1, -0.05) is 18.2 Å². The van der Waals surface area contributed by atoms with Crippen LogP contribution in [0.3, 0.4) is 0 Å². The molecule has 1 aliphatic rings. The number of amides is 1. The van der Waals surface area contributed by atoms with E-state index in [2.05, 4.69) is 10.1 Å². The van der Waals surface area contributed by atoms with Gasteiger partial charge in [-0.15, -0.1) is 13.2 Å². The molecule has 3 rings (SSSR count). The summed E-state index contributed by atoms with van der Waals surface area (Å²) in [6, 6.07) is 8.15. The molecule has 0 unspecified atom stereocenters. The molecule has 0 saturated heterocycles. The molecule has 1 fully saturated rings. The Kier molecular flexibility index (Phi) is 4.84. The molecule has 0 bridgehead atoms. The van der Waals surface area contributed by atoms with Crippen molar-refractivity contribution < 1.29 is 31.5 Å². The van der Waals surface area contributed by atoms with Crippen LogP contribution in [0.1, 0.15) is 34.7 Å². The van der Waals surface area contributed by atoms with Crippen molar-refractivity contribution in [2.45, 2.75) is 31.2 Å². The molecule has 0 aliphatic heterocycles. The Morgan fingerprint density at radius 2 is 1.62 bits per heavy atom. The molecule has 138 valence electrons. The molecule has 0 aromatic heterocycles. The molecule has 2 aromatic carbocycles. The van der Waals surface area contributed by atoms with Gasteiger partial charge in [-0.05, 0) is 42.7 Å². The van der Waals surface area contributed by atoms with Gasteiger partial charge in [0.2, 0.25) is 0 Å². The number of carbonyl (C=O) groups excluding carboxylic acids is 1. The van der Waals surface area contributed by atoms with Crippen molar-refractivity contribution >= 4 is 5.91 Å². The number of ether oxygens (including phenoxy) is 1. The maximum atomic E-state index is 13.7. The zero-order valence-corrected chi connectivity index (χ0v) is 13.3. The first kappa shape index (κ1) is 18.2. The summed E-state index contributed by atoms with van der Waals surface area (Å²) in [4.78, 5) is 12.1. The summed E-state index contributed by atoms with van der Waals surface area (Å²) in [5.41, 5.74) is 0.0668. The summed E-state index contributed by atoms with van der Waals surface area (Å²) >= 11 is 0. The standard InChI is InChI=1S/C18H14F5NO2/c19-13-2-1-3-14(20)16(13)17(25)24-15-9-8-12(15)10-4-6-11(7-5-10)26-18(21,22)23/h1-7,12,15H,8-9H2,(H,24,25)/t12-,15-/m1/s1. The highest BCUT2D eigenvalue weighted by molar-refractivity contribution is 5.95. The summed E-state index contributed by atoms with van der Waals surface area (Å²) in [6.07, 6.45) is -3.46. The number of carbonyl (C=O) groups is 1. The smallest absolute Gasteiger partial charge is 0.406 e. The van der Waals surface area contributed by atoms with Gasteiger partial charge in [0.15, 0.2) is 0 Å². The largest absolute Gasteiger partial charge is 0.573 e. The lowest BCUT2D eigenvalue weighted by Crippen LogP contribution is -2.45. The molecule has 2 atom stereocenters. The van der Waals surface area contributed by atoms with Gasteiger partial charge in [-0.25, -0.2) is 8.78 Å². The lowest BCUT2D eigenvalue weighted by Gasteiger charge is -2.37. The van der Waals surface area contributed by atoms with Crippen molar-refractivity contribution in [3.05, 3.63) is 65.2 Å². The van der Waals surface area contributed by atoms with E-state index in [0.717, 1.165) is 18.2 Å². The summed E-state index contributed by atoms with van der Waals surface area (Å²) < 4.78 is 67.7. The van der Waals surface area contributed by atoms with E-state index in [1.54, 1.807) is 0 Å². The van der Waals surface area contributed by atoms with Crippen molar-refractivity contribution in [3.63, 3.8) is 0 Å². The van der Waals surface area contributed by atoms with Gasteiger partial charge in [-0.2, -0.15) is 0 Å². The Balaban J connectivity index is 1.67. The number of hydrogen-bond donors (Lipinski definition) is 1. The quantitative estimate of drug-likeness (QED) is 0.802. The van der Waals surface area contributed by atoms with Crippen molar-refractivity contribution in [2.75, 3.05) is 0 Å². The van der Waals surface area contributed by atoms with Gasteiger partial charge in [0, 0.05) is 12.0 Å². The first-order valence-corrected chi connectivity index (χ1v) is 7.85. The van der Waals surface area contributed by atoms with Crippen LogP contribution in [-0.2, 0) is 0 Å². The number of alkyl halides is 3. The van der Waals surface area contributed by atoms with E-state index in [1.807, 2.05) is 0 Å². The Labute approximate surface area is 145 Å². The van der Waals surface area contributed by atoms with Crippen LogP contribution in [0.15, 0.2) is 42.5 Å². The highest BCUT2D eigenvalue weighted by Gasteiger charge is 2.35. The van der Waals surface area contributed by atoms with Crippen molar-refractivity contribution in [3.8, 4) is 5.75 Å². The minimum Gasteiger partial charge on any atom is -0.406 e. The third-order valence-electron chi connectivity index (χ3n) is 4.32. The summed E-state index contributed by atoms with van der Waals surface area (Å²) in [6.45, 7) is 0. The average molecular weight is 371 g/mol. The fourth-order valence-corrected chi connectivity index (χ4v) is 2.94. The van der Waals surface area contributed by atoms with Gasteiger partial charge in [-0.3, -0.25) is 4.79 Å². The van der Waals surface area contributed by atoms with Gasteiger partial charge < -0.3 is 10.1 Å². The predicted molar refractivity (Wildman–Crippen MR) is 82.7 cm³/mol. The van der Waals surface area contributed by atoms with E-state index < -0.39 is 29.5 Å². The molecule has 0 spiro atoms. The molecule has 3 nitrogen and oxygen atoms in total. The fourth-order valence-electron chi connectivity index (χ4n) is 2.94. The minimum atomic E-state index is -4.77. The van der Waals surface area contributed by atoms with Gasteiger partial charge in [0.25, 0.3) is 5.91 Å². The van der Waals surface area contributed by atoms with E-state index in [9.17, 15) is 26.7 Å². The third kappa shape index (κ3) is 3.95. The molecule has 0 heterocycles. The van der Waals surface area contributed by atoms with E-state index in [1.165, 1.54) is 24.3 Å². The predicted octanol–water partition coefficient (Wildman–Crippen LogP) is 4.54. The molecule has 1 amide bonds. The lowest BCUT2D eigenvalue weighted by molar-refractivity contribution is -0.274. The topological polar surface area (TPSA) is 38.3 Å². The second-order valence-electron chi connectivity index (χ2n) is 5.98. The number of halogens is 5. The van der Waals surface area contributed by atoms with Crippen LogP contribution < -0.4 is 10.1 Å². The van der Waals surface area contributed by atoms with Crippen LogP contribution >= 0.6 is 0 Å². The Morgan fingerprint density at radius 3 is 2.12 bits per heavy atom. The Bertz CT molecular complexity index is 784. The zero-order valence-electron chi connectivity index (χ0n) is 13.3.